The number of hydrogen-bond acceptors (Lipinski definition) is 13. The van der Waals surface area contributed by atoms with Gasteiger partial charge in [-0.1, -0.05) is 23.4 Å². The summed E-state index contributed by atoms with van der Waals surface area (Å²) in [6.45, 7) is 2.55. The molecule has 4 amide bonds. The molecule has 0 radical (unpaired) electrons. The molecule has 4 aromatic carbocycles. The molecule has 6 aromatic rings. The Kier molecular flexibility index (Phi) is 13.2. The number of nitrogens with zero attached hydrogens (tertiary/aromatic N) is 7. The van der Waals surface area contributed by atoms with E-state index in [2.05, 4.69) is 41.6 Å². The van der Waals surface area contributed by atoms with E-state index in [9.17, 15) is 32.3 Å². The molecular formula is C47H42F3N11O6. The number of halogens is 3. The molecule has 17 nitrogen and oxygen atoms in total. The molecule has 1 unspecified atom stereocenters. The van der Waals surface area contributed by atoms with E-state index >= 15 is 0 Å². The fraction of sp³-hybridized carbons (Fsp3) is 0.255. The van der Waals surface area contributed by atoms with Crippen molar-refractivity contribution in [2.45, 2.75) is 45.1 Å². The third-order valence-corrected chi connectivity index (χ3v) is 11.3. The van der Waals surface area contributed by atoms with Gasteiger partial charge in [-0.25, -0.2) is 27.8 Å². The van der Waals surface area contributed by atoms with Gasteiger partial charge in [0.1, 0.15) is 35.9 Å². The van der Waals surface area contributed by atoms with Crippen molar-refractivity contribution < 1.29 is 41.8 Å². The van der Waals surface area contributed by atoms with Crippen molar-refractivity contribution in [3.05, 3.63) is 137 Å². The number of hydrogen-bond donors (Lipinski definition) is 4. The second-order valence-corrected chi connectivity index (χ2v) is 15.8. The predicted molar refractivity (Wildman–Crippen MR) is 237 cm³/mol. The van der Waals surface area contributed by atoms with Crippen LogP contribution >= 0.6 is 0 Å². The van der Waals surface area contributed by atoms with Gasteiger partial charge in [0.15, 0.2) is 0 Å². The van der Waals surface area contributed by atoms with Crippen LogP contribution in [-0.4, -0.2) is 98.2 Å². The van der Waals surface area contributed by atoms with Crippen LogP contribution in [0.5, 0.6) is 0 Å². The monoisotopic (exact) mass is 913 g/mol. The Morgan fingerprint density at radius 3 is 2.43 bits per heavy atom. The minimum absolute atomic E-state index is 0.00792. The zero-order valence-electron chi connectivity index (χ0n) is 35.7. The minimum Gasteiger partial charge on any atom is -0.380 e. The molecule has 0 spiro atoms. The smallest absolute Gasteiger partial charge is 0.255 e. The number of aliphatic imine (C=N–C) groups is 1. The van der Waals surface area contributed by atoms with Gasteiger partial charge in [-0.05, 0) is 72.6 Å². The summed E-state index contributed by atoms with van der Waals surface area (Å²) in [7, 11) is 0. The number of carbonyl (C=O) groups is 4. The van der Waals surface area contributed by atoms with Crippen LogP contribution in [0.4, 0.5) is 30.5 Å². The first kappa shape index (κ1) is 44.5. The van der Waals surface area contributed by atoms with Crippen molar-refractivity contribution in [2.75, 3.05) is 43.5 Å². The molecule has 3 aliphatic heterocycles. The number of amides is 4. The van der Waals surface area contributed by atoms with Gasteiger partial charge in [-0.15, -0.1) is 5.10 Å². The highest BCUT2D eigenvalue weighted by Crippen LogP contribution is 2.34. The third-order valence-electron chi connectivity index (χ3n) is 11.3. The maximum Gasteiger partial charge on any atom is 0.255 e. The lowest BCUT2D eigenvalue weighted by Gasteiger charge is -2.29. The second kappa shape index (κ2) is 19.8. The summed E-state index contributed by atoms with van der Waals surface area (Å²) in [5, 5.41) is 19.9. The molecule has 5 heterocycles. The highest BCUT2D eigenvalue weighted by molar-refractivity contribution is 6.17. The maximum absolute atomic E-state index is 14.9. The standard InChI is InChI=1S/C47H42F3N11O6/c48-30-6-10-34-35(21-30)44(42-36(49)2-1-3-37(42)50)52-22-29-23-53-47(57-43(29)34)55-31-7-4-27(5-8-31)38-25-60(59-58-38)26-67-19-16-51-15-18-66-17-14-41(63)54-32-9-11-33-28(20-32)24-61(46(33)65)39-12-13-40(62)56-45(39)64/h1-11,20-21,23,25,39,51H,12-19,22,24,26H2,(H,54,63)(H,53,55,57)(H,56,62,64). The van der Waals surface area contributed by atoms with Crippen molar-refractivity contribution >= 4 is 46.7 Å². The van der Waals surface area contributed by atoms with Crippen molar-refractivity contribution in [3.8, 4) is 22.5 Å². The summed E-state index contributed by atoms with van der Waals surface area (Å²) >= 11 is 0. The van der Waals surface area contributed by atoms with Gasteiger partial charge in [0.2, 0.25) is 23.7 Å². The average molecular weight is 914 g/mol. The van der Waals surface area contributed by atoms with Crippen molar-refractivity contribution in [2.24, 2.45) is 4.99 Å². The van der Waals surface area contributed by atoms with E-state index in [1.165, 1.54) is 29.2 Å². The third kappa shape index (κ3) is 10.1. The number of imide groups is 1. The Balaban J connectivity index is 0.676. The quantitative estimate of drug-likeness (QED) is 0.0681. The van der Waals surface area contributed by atoms with Gasteiger partial charge in [-0.2, -0.15) is 0 Å². The van der Waals surface area contributed by atoms with Gasteiger partial charge in [0.25, 0.3) is 5.91 Å². The average Bonchev–Trinajstić information content (AvgIpc) is 3.88. The zero-order chi connectivity index (χ0) is 46.4. The molecule has 9 rings (SSSR count). The molecule has 2 aromatic heterocycles. The molecule has 4 N–H and O–H groups in total. The van der Waals surface area contributed by atoms with Crippen LogP contribution in [0.15, 0.2) is 96.2 Å². The van der Waals surface area contributed by atoms with Crippen LogP contribution < -0.4 is 21.3 Å². The summed E-state index contributed by atoms with van der Waals surface area (Å²) in [5.74, 6) is -3.28. The Morgan fingerprint density at radius 1 is 0.851 bits per heavy atom. The fourth-order valence-electron chi connectivity index (χ4n) is 7.98. The number of rotatable bonds is 17. The lowest BCUT2D eigenvalue weighted by Crippen LogP contribution is -2.52. The SMILES string of the molecule is O=C1CCC(N2Cc3cc(NC(=O)CCOCCNCCOCn4cc(-c5ccc(Nc6ncc7c(n6)-c6ccc(F)cc6C(c6c(F)cccc6F)=NC7)cc5)nn4)ccc3C2=O)C(=O)N1. The van der Waals surface area contributed by atoms with Gasteiger partial charge >= 0.3 is 0 Å². The Morgan fingerprint density at radius 2 is 1.63 bits per heavy atom. The summed E-state index contributed by atoms with van der Waals surface area (Å²) in [4.78, 5) is 64.4. The number of piperidine rings is 1. The molecular weight excluding hydrogens is 872 g/mol. The van der Waals surface area contributed by atoms with E-state index < -0.39 is 29.4 Å². The number of aromatic nitrogens is 5. The lowest BCUT2D eigenvalue weighted by molar-refractivity contribution is -0.137. The van der Waals surface area contributed by atoms with Crippen LogP contribution in [0.3, 0.4) is 0 Å². The summed E-state index contributed by atoms with van der Waals surface area (Å²) in [6.07, 6.45) is 3.94. The number of benzene rings is 4. The normalized spacial score (nSPS) is 15.3. The van der Waals surface area contributed by atoms with Gasteiger partial charge in [-0.3, -0.25) is 29.5 Å². The van der Waals surface area contributed by atoms with Crippen LogP contribution in [0, 0.1) is 17.5 Å². The first-order valence-corrected chi connectivity index (χ1v) is 21.4. The molecule has 1 saturated heterocycles. The van der Waals surface area contributed by atoms with Crippen LogP contribution in [-0.2, 0) is 43.7 Å². The molecule has 3 aliphatic rings. The second-order valence-electron chi connectivity index (χ2n) is 15.8. The Bertz CT molecular complexity index is 2890. The highest BCUT2D eigenvalue weighted by atomic mass is 19.1. The van der Waals surface area contributed by atoms with Crippen molar-refractivity contribution in [1.29, 1.82) is 0 Å². The van der Waals surface area contributed by atoms with E-state index in [-0.39, 0.29) is 86.2 Å². The number of carbonyl (C=O) groups excluding carboxylic acids is 4. The predicted octanol–water partition coefficient (Wildman–Crippen LogP) is 5.28. The van der Waals surface area contributed by atoms with Crippen molar-refractivity contribution in [1.82, 2.24) is 40.5 Å². The number of fused-ring (bicyclic) bond motifs is 4. The van der Waals surface area contributed by atoms with E-state index in [1.54, 1.807) is 35.3 Å². The number of anilines is 3. The lowest BCUT2D eigenvalue weighted by atomic mass is 9.94. The molecule has 67 heavy (non-hydrogen) atoms. The van der Waals surface area contributed by atoms with E-state index in [1.807, 2.05) is 24.3 Å². The van der Waals surface area contributed by atoms with Gasteiger partial charge in [0, 0.05) is 71.4 Å². The Labute approximate surface area is 380 Å². The van der Waals surface area contributed by atoms with E-state index in [4.69, 9.17) is 14.5 Å². The number of ether oxygens (including phenoxy) is 2. The molecule has 1 fully saturated rings. The van der Waals surface area contributed by atoms with Crippen molar-refractivity contribution in [3.63, 3.8) is 0 Å². The van der Waals surface area contributed by atoms with E-state index in [0.29, 0.717) is 71.3 Å². The summed E-state index contributed by atoms with van der Waals surface area (Å²) in [5.41, 5.74) is 5.21. The molecule has 0 aliphatic carbocycles. The van der Waals surface area contributed by atoms with Crippen LogP contribution in [0.1, 0.15) is 51.9 Å². The van der Waals surface area contributed by atoms with Gasteiger partial charge in [0.05, 0.1) is 56.0 Å². The zero-order valence-corrected chi connectivity index (χ0v) is 35.7. The Hall–Kier alpha value is -7.68. The molecule has 1 atom stereocenters. The maximum atomic E-state index is 14.9. The van der Waals surface area contributed by atoms with Crippen LogP contribution in [0.2, 0.25) is 0 Å². The van der Waals surface area contributed by atoms with Crippen LogP contribution in [0.25, 0.3) is 22.5 Å². The number of nitrogens with one attached hydrogen (secondary N) is 4. The largest absolute Gasteiger partial charge is 0.380 e. The van der Waals surface area contributed by atoms with Gasteiger partial charge < -0.3 is 30.3 Å². The first-order valence-electron chi connectivity index (χ1n) is 21.4. The summed E-state index contributed by atoms with van der Waals surface area (Å²) < 4.78 is 57.2. The first-order chi connectivity index (χ1) is 32.6. The molecule has 342 valence electrons. The molecule has 0 bridgehead atoms. The van der Waals surface area contributed by atoms with E-state index in [0.717, 1.165) is 17.7 Å². The minimum atomic E-state index is -0.808. The summed E-state index contributed by atoms with van der Waals surface area (Å²) in [6, 6.07) is 19.2. The molecule has 0 saturated carbocycles. The highest BCUT2D eigenvalue weighted by Gasteiger charge is 2.39. The molecule has 20 heteroatoms. The topological polar surface area (TPSA) is 207 Å². The fourth-order valence-corrected chi connectivity index (χ4v) is 7.98.